The summed E-state index contributed by atoms with van der Waals surface area (Å²) in [6.45, 7) is 5.27. The average Bonchev–Trinajstić information content (AvgIpc) is 2.73. The number of hydrogen-bond donors (Lipinski definition) is 0. The van der Waals surface area contributed by atoms with E-state index in [1.807, 2.05) is 19.9 Å². The van der Waals surface area contributed by atoms with E-state index in [1.165, 1.54) is 31.0 Å². The van der Waals surface area contributed by atoms with Gasteiger partial charge in [-0.2, -0.15) is 9.78 Å². The molecular weight excluding hydrogens is 486 g/mol. The van der Waals surface area contributed by atoms with E-state index in [-0.39, 0.29) is 23.0 Å². The summed E-state index contributed by atoms with van der Waals surface area (Å²) in [5.41, 5.74) is 0.678. The van der Waals surface area contributed by atoms with Crippen LogP contribution in [0.4, 0.5) is 0 Å². The number of benzene rings is 2. The number of carbonyl (C=O) groups is 1. The van der Waals surface area contributed by atoms with Gasteiger partial charge in [0.15, 0.2) is 11.5 Å². The molecule has 31 heavy (non-hydrogen) atoms. The zero-order chi connectivity index (χ0) is 22.7. The van der Waals surface area contributed by atoms with Gasteiger partial charge >= 0.3 is 5.97 Å². The standard InChI is InChI=1S/C22H21BrClN3O4/c1-5-12(2)21-26-18-7-6-15(23)9-17(18)22(29)27(21)25-11-14-8-16(24)10-19(30-4)20(14)31-13(3)28/h6-12H,5H2,1-4H3/t12-/m0/s1. The van der Waals surface area contributed by atoms with Crippen molar-refractivity contribution in [1.29, 1.82) is 0 Å². The Balaban J connectivity index is 2.23. The number of fused-ring (bicyclic) bond motifs is 1. The third-order valence-electron chi connectivity index (χ3n) is 4.71. The monoisotopic (exact) mass is 505 g/mol. The molecule has 0 unspecified atom stereocenters. The van der Waals surface area contributed by atoms with Crippen LogP contribution in [0.3, 0.4) is 0 Å². The first-order valence-electron chi connectivity index (χ1n) is 9.57. The number of esters is 1. The van der Waals surface area contributed by atoms with Crippen LogP contribution < -0.4 is 15.0 Å². The molecular formula is C22H21BrClN3O4. The molecule has 0 aliphatic rings. The lowest BCUT2D eigenvalue weighted by atomic mass is 10.1. The molecule has 0 saturated heterocycles. The molecule has 0 aliphatic heterocycles. The third kappa shape index (κ3) is 4.97. The lowest BCUT2D eigenvalue weighted by Crippen LogP contribution is -2.23. The van der Waals surface area contributed by atoms with Crippen molar-refractivity contribution in [2.24, 2.45) is 5.10 Å². The van der Waals surface area contributed by atoms with Gasteiger partial charge in [0.2, 0.25) is 0 Å². The van der Waals surface area contributed by atoms with Gasteiger partial charge in [-0.05, 0) is 30.7 Å². The second-order valence-corrected chi connectivity index (χ2v) is 8.27. The summed E-state index contributed by atoms with van der Waals surface area (Å²) in [4.78, 5) is 29.5. The molecule has 0 N–H and O–H groups in total. The highest BCUT2D eigenvalue weighted by atomic mass is 79.9. The summed E-state index contributed by atoms with van der Waals surface area (Å²) in [6, 6.07) is 8.45. The van der Waals surface area contributed by atoms with Crippen molar-refractivity contribution in [3.8, 4) is 11.5 Å². The van der Waals surface area contributed by atoms with Crippen LogP contribution in [0.15, 0.2) is 44.7 Å². The number of methoxy groups -OCH3 is 1. The van der Waals surface area contributed by atoms with E-state index in [2.05, 4.69) is 26.0 Å². The summed E-state index contributed by atoms with van der Waals surface area (Å²) in [5.74, 6) is 0.434. The quantitative estimate of drug-likeness (QED) is 0.263. The molecule has 0 amide bonds. The fourth-order valence-corrected chi connectivity index (χ4v) is 3.57. The number of nitrogens with zero attached hydrogens (tertiary/aromatic N) is 3. The SMILES string of the molecule is CC[C@H](C)c1nc2ccc(Br)cc2c(=O)n1N=Cc1cc(Cl)cc(OC)c1OC(C)=O. The van der Waals surface area contributed by atoms with E-state index in [1.54, 1.807) is 18.2 Å². The van der Waals surface area contributed by atoms with Crippen molar-refractivity contribution in [2.75, 3.05) is 7.11 Å². The van der Waals surface area contributed by atoms with Crippen molar-refractivity contribution < 1.29 is 14.3 Å². The van der Waals surface area contributed by atoms with Gasteiger partial charge in [-0.3, -0.25) is 9.59 Å². The van der Waals surface area contributed by atoms with Gasteiger partial charge in [0.1, 0.15) is 5.82 Å². The first-order valence-corrected chi connectivity index (χ1v) is 10.7. The van der Waals surface area contributed by atoms with Crippen molar-refractivity contribution >= 4 is 50.6 Å². The molecule has 0 radical (unpaired) electrons. The molecule has 1 aromatic heterocycles. The van der Waals surface area contributed by atoms with E-state index in [9.17, 15) is 9.59 Å². The Kier molecular flexibility index (Phi) is 7.12. The molecule has 0 spiro atoms. The summed E-state index contributed by atoms with van der Waals surface area (Å²) in [5, 5.41) is 5.20. The lowest BCUT2D eigenvalue weighted by Gasteiger charge is -2.14. The molecule has 2 aromatic carbocycles. The van der Waals surface area contributed by atoms with Crippen LogP contribution >= 0.6 is 27.5 Å². The Morgan fingerprint density at radius 3 is 2.74 bits per heavy atom. The molecule has 162 valence electrons. The molecule has 0 aliphatic carbocycles. The van der Waals surface area contributed by atoms with Gasteiger partial charge in [-0.1, -0.05) is 41.4 Å². The van der Waals surface area contributed by atoms with Gasteiger partial charge < -0.3 is 9.47 Å². The Bertz CT molecular complexity index is 1240. The normalized spacial score (nSPS) is 12.3. The van der Waals surface area contributed by atoms with Gasteiger partial charge in [-0.15, -0.1) is 0 Å². The number of carbonyl (C=O) groups excluding carboxylic acids is 1. The van der Waals surface area contributed by atoms with Crippen LogP contribution in [0.1, 0.15) is 44.5 Å². The molecule has 9 heteroatoms. The van der Waals surface area contributed by atoms with Gasteiger partial charge in [0, 0.05) is 34.0 Å². The molecule has 0 saturated carbocycles. The molecule has 3 aromatic rings. The van der Waals surface area contributed by atoms with Crippen molar-refractivity contribution in [3.63, 3.8) is 0 Å². The third-order valence-corrected chi connectivity index (χ3v) is 5.42. The second kappa shape index (κ2) is 9.62. The Morgan fingerprint density at radius 2 is 2.10 bits per heavy atom. The average molecular weight is 507 g/mol. The molecule has 0 bridgehead atoms. The smallest absolute Gasteiger partial charge is 0.308 e. The molecule has 1 atom stereocenters. The van der Waals surface area contributed by atoms with E-state index in [0.29, 0.717) is 27.3 Å². The molecule has 1 heterocycles. The van der Waals surface area contributed by atoms with E-state index in [0.717, 1.165) is 10.9 Å². The van der Waals surface area contributed by atoms with E-state index < -0.39 is 5.97 Å². The first-order chi connectivity index (χ1) is 14.7. The maximum absolute atomic E-state index is 13.2. The summed E-state index contributed by atoms with van der Waals surface area (Å²) < 4.78 is 12.6. The lowest BCUT2D eigenvalue weighted by molar-refractivity contribution is -0.132. The predicted molar refractivity (Wildman–Crippen MR) is 125 cm³/mol. The molecule has 0 fully saturated rings. The number of hydrogen-bond acceptors (Lipinski definition) is 6. The van der Waals surface area contributed by atoms with Crippen LogP contribution in [0.5, 0.6) is 11.5 Å². The van der Waals surface area contributed by atoms with Crippen molar-refractivity contribution in [3.05, 3.63) is 61.6 Å². The number of ether oxygens (including phenoxy) is 2. The van der Waals surface area contributed by atoms with E-state index in [4.69, 9.17) is 21.1 Å². The zero-order valence-corrected chi connectivity index (χ0v) is 19.8. The fraction of sp³-hybridized carbons (Fsp3) is 0.273. The summed E-state index contributed by atoms with van der Waals surface area (Å²) in [7, 11) is 1.44. The van der Waals surface area contributed by atoms with Gasteiger partial charge in [-0.25, -0.2) is 4.98 Å². The first kappa shape index (κ1) is 23.0. The Morgan fingerprint density at radius 1 is 1.35 bits per heavy atom. The van der Waals surface area contributed by atoms with Crippen molar-refractivity contribution in [2.45, 2.75) is 33.1 Å². The van der Waals surface area contributed by atoms with Crippen LogP contribution in [0.25, 0.3) is 10.9 Å². The van der Waals surface area contributed by atoms with Gasteiger partial charge in [0.25, 0.3) is 5.56 Å². The molecule has 7 nitrogen and oxygen atoms in total. The van der Waals surface area contributed by atoms with Crippen LogP contribution in [-0.2, 0) is 4.79 Å². The minimum atomic E-state index is -0.523. The largest absolute Gasteiger partial charge is 0.493 e. The Labute approximate surface area is 192 Å². The number of aromatic nitrogens is 2. The summed E-state index contributed by atoms with van der Waals surface area (Å²) >= 11 is 9.57. The highest BCUT2D eigenvalue weighted by molar-refractivity contribution is 9.10. The molecule has 3 rings (SSSR count). The van der Waals surface area contributed by atoms with Crippen LogP contribution in [-0.4, -0.2) is 29.0 Å². The number of rotatable bonds is 6. The van der Waals surface area contributed by atoms with Crippen molar-refractivity contribution in [1.82, 2.24) is 9.66 Å². The fourth-order valence-electron chi connectivity index (χ4n) is 2.99. The predicted octanol–water partition coefficient (Wildman–Crippen LogP) is 5.14. The second-order valence-electron chi connectivity index (χ2n) is 6.92. The van der Waals surface area contributed by atoms with Gasteiger partial charge in [0.05, 0.1) is 24.2 Å². The highest BCUT2D eigenvalue weighted by Crippen LogP contribution is 2.34. The topological polar surface area (TPSA) is 82.8 Å². The highest BCUT2D eigenvalue weighted by Gasteiger charge is 2.17. The maximum atomic E-state index is 13.2. The summed E-state index contributed by atoms with van der Waals surface area (Å²) in [6.07, 6.45) is 2.18. The minimum absolute atomic E-state index is 0.0141. The van der Waals surface area contributed by atoms with Crippen LogP contribution in [0.2, 0.25) is 5.02 Å². The number of halogens is 2. The van der Waals surface area contributed by atoms with E-state index >= 15 is 0 Å². The Hall–Kier alpha value is -2.71. The maximum Gasteiger partial charge on any atom is 0.308 e. The van der Waals surface area contributed by atoms with Crippen LogP contribution in [0, 0.1) is 0 Å². The minimum Gasteiger partial charge on any atom is -0.493 e. The zero-order valence-electron chi connectivity index (χ0n) is 17.5.